The van der Waals surface area contributed by atoms with Crippen molar-refractivity contribution in [3.63, 3.8) is 0 Å². The van der Waals surface area contributed by atoms with E-state index in [2.05, 4.69) is 15.6 Å². The summed E-state index contributed by atoms with van der Waals surface area (Å²) in [5.41, 5.74) is -0.0110. The van der Waals surface area contributed by atoms with Crippen molar-refractivity contribution in [1.82, 2.24) is 10.3 Å². The van der Waals surface area contributed by atoms with E-state index in [1.165, 1.54) is 6.07 Å². The number of thioether (sulfide) groups is 1. The summed E-state index contributed by atoms with van der Waals surface area (Å²) in [6, 6.07) is 1.23. The van der Waals surface area contributed by atoms with Gasteiger partial charge in [-0.2, -0.15) is 11.8 Å². The lowest BCUT2D eigenvalue weighted by molar-refractivity contribution is -0.385. The molecule has 8 heteroatoms. The fourth-order valence-electron chi connectivity index (χ4n) is 1.59. The molecule has 0 bridgehead atoms. The number of amides is 1. The Morgan fingerprint density at radius 3 is 2.85 bits per heavy atom. The summed E-state index contributed by atoms with van der Waals surface area (Å²) in [7, 11) is 1.61. The summed E-state index contributed by atoms with van der Waals surface area (Å²) >= 11 is 1.76. The number of rotatable bonds is 8. The number of pyridine rings is 1. The normalized spacial score (nSPS) is 10.1. The van der Waals surface area contributed by atoms with Crippen LogP contribution >= 0.6 is 11.8 Å². The van der Waals surface area contributed by atoms with Gasteiger partial charge in [-0.3, -0.25) is 14.9 Å². The van der Waals surface area contributed by atoms with Crippen LogP contribution in [0.1, 0.15) is 23.2 Å². The van der Waals surface area contributed by atoms with Crippen molar-refractivity contribution >= 4 is 29.2 Å². The Bertz CT molecular complexity index is 482. The fourth-order valence-corrected chi connectivity index (χ4v) is 2.09. The zero-order chi connectivity index (χ0) is 15.0. The van der Waals surface area contributed by atoms with E-state index < -0.39 is 4.92 Å². The molecule has 20 heavy (non-hydrogen) atoms. The first-order valence-electron chi connectivity index (χ1n) is 6.19. The molecule has 1 aromatic rings. The van der Waals surface area contributed by atoms with Crippen LogP contribution in [0.15, 0.2) is 12.3 Å². The van der Waals surface area contributed by atoms with Gasteiger partial charge in [0.2, 0.25) is 0 Å². The summed E-state index contributed by atoms with van der Waals surface area (Å²) in [5.74, 6) is 1.03. The van der Waals surface area contributed by atoms with Crippen molar-refractivity contribution in [2.75, 3.05) is 30.9 Å². The minimum atomic E-state index is -0.568. The average Bonchev–Trinajstić information content (AvgIpc) is 2.46. The molecule has 0 fully saturated rings. The second kappa shape index (κ2) is 8.36. The van der Waals surface area contributed by atoms with Gasteiger partial charge in [0.05, 0.1) is 10.5 Å². The molecule has 0 saturated heterocycles. The van der Waals surface area contributed by atoms with E-state index in [0.29, 0.717) is 12.4 Å². The molecule has 0 aromatic carbocycles. The van der Waals surface area contributed by atoms with Gasteiger partial charge in [0, 0.05) is 19.7 Å². The third kappa shape index (κ3) is 4.69. The molecule has 0 spiro atoms. The standard InChI is InChI=1S/C12H18N4O3S/c1-13-11-10(7-9(8-15-11)16(18)19)12(17)14-5-3-4-6-20-2/h7-8H,3-6H2,1-2H3,(H,13,15)(H,14,17). The Labute approximate surface area is 121 Å². The molecule has 7 nitrogen and oxygen atoms in total. The van der Waals surface area contributed by atoms with Crippen LogP contribution in [0, 0.1) is 10.1 Å². The van der Waals surface area contributed by atoms with E-state index in [0.717, 1.165) is 24.8 Å². The first kappa shape index (κ1) is 16.2. The highest BCUT2D eigenvalue weighted by molar-refractivity contribution is 7.98. The summed E-state index contributed by atoms with van der Waals surface area (Å²) in [6.07, 6.45) is 5.06. The highest BCUT2D eigenvalue weighted by Gasteiger charge is 2.17. The van der Waals surface area contributed by atoms with E-state index in [9.17, 15) is 14.9 Å². The van der Waals surface area contributed by atoms with Crippen LogP contribution in [0.4, 0.5) is 11.5 Å². The quantitative estimate of drug-likeness (QED) is 0.432. The van der Waals surface area contributed by atoms with Crippen LogP contribution in [0.25, 0.3) is 0 Å². The summed E-state index contributed by atoms with van der Waals surface area (Å²) in [6.45, 7) is 0.547. The second-order valence-electron chi connectivity index (χ2n) is 4.05. The predicted octanol–water partition coefficient (Wildman–Crippen LogP) is 1.90. The first-order valence-corrected chi connectivity index (χ1v) is 7.59. The number of carbonyl (C=O) groups is 1. The van der Waals surface area contributed by atoms with E-state index in [1.807, 2.05) is 6.26 Å². The topological polar surface area (TPSA) is 97.2 Å². The summed E-state index contributed by atoms with van der Waals surface area (Å²) < 4.78 is 0. The number of nitrogens with zero attached hydrogens (tertiary/aromatic N) is 2. The predicted molar refractivity (Wildman–Crippen MR) is 80.4 cm³/mol. The van der Waals surface area contributed by atoms with Crippen LogP contribution in [0.2, 0.25) is 0 Å². The van der Waals surface area contributed by atoms with Gasteiger partial charge >= 0.3 is 0 Å². The maximum Gasteiger partial charge on any atom is 0.288 e. The molecule has 1 heterocycles. The highest BCUT2D eigenvalue weighted by atomic mass is 32.2. The molecule has 0 aliphatic rings. The maximum absolute atomic E-state index is 12.0. The number of unbranched alkanes of at least 4 members (excludes halogenated alkanes) is 1. The zero-order valence-corrected chi connectivity index (χ0v) is 12.3. The largest absolute Gasteiger partial charge is 0.372 e. The molecule has 110 valence electrons. The lowest BCUT2D eigenvalue weighted by Crippen LogP contribution is -2.25. The summed E-state index contributed by atoms with van der Waals surface area (Å²) in [4.78, 5) is 26.0. The molecule has 0 saturated carbocycles. The molecule has 2 N–H and O–H groups in total. The number of hydrogen-bond acceptors (Lipinski definition) is 6. The van der Waals surface area contributed by atoms with Crippen LogP contribution in [-0.4, -0.2) is 41.4 Å². The lowest BCUT2D eigenvalue weighted by Gasteiger charge is -2.08. The van der Waals surface area contributed by atoms with Crippen molar-refractivity contribution in [3.8, 4) is 0 Å². The van der Waals surface area contributed by atoms with E-state index in [1.54, 1.807) is 18.8 Å². The first-order chi connectivity index (χ1) is 9.60. The number of nitrogens with one attached hydrogen (secondary N) is 2. The lowest BCUT2D eigenvalue weighted by atomic mass is 10.2. The number of aromatic nitrogens is 1. The van der Waals surface area contributed by atoms with Crippen LogP contribution in [0.3, 0.4) is 0 Å². The number of carbonyl (C=O) groups excluding carboxylic acids is 1. The molecule has 0 atom stereocenters. The molecule has 1 aromatic heterocycles. The van der Waals surface area contributed by atoms with Crippen molar-refractivity contribution in [2.24, 2.45) is 0 Å². The van der Waals surface area contributed by atoms with Crippen molar-refractivity contribution in [3.05, 3.63) is 27.9 Å². The van der Waals surface area contributed by atoms with Gasteiger partial charge in [-0.15, -0.1) is 0 Å². The van der Waals surface area contributed by atoms with Gasteiger partial charge in [0.1, 0.15) is 12.0 Å². The van der Waals surface area contributed by atoms with Gasteiger partial charge in [-0.1, -0.05) is 0 Å². The minimum absolute atomic E-state index is 0.187. The van der Waals surface area contributed by atoms with Gasteiger partial charge in [-0.05, 0) is 24.9 Å². The number of nitro groups is 1. The Hall–Kier alpha value is -1.83. The zero-order valence-electron chi connectivity index (χ0n) is 11.5. The van der Waals surface area contributed by atoms with Crippen molar-refractivity contribution in [1.29, 1.82) is 0 Å². The average molecular weight is 298 g/mol. The van der Waals surface area contributed by atoms with Crippen molar-refractivity contribution < 1.29 is 9.72 Å². The smallest absolute Gasteiger partial charge is 0.288 e. The Kier molecular flexibility index (Phi) is 6.78. The monoisotopic (exact) mass is 298 g/mol. The fraction of sp³-hybridized carbons (Fsp3) is 0.500. The SMILES string of the molecule is CNc1ncc([N+](=O)[O-])cc1C(=O)NCCCCSC. The molecule has 0 aliphatic carbocycles. The third-order valence-electron chi connectivity index (χ3n) is 2.63. The van der Waals surface area contributed by atoms with Gasteiger partial charge in [0.15, 0.2) is 0 Å². The Balaban J connectivity index is 2.70. The maximum atomic E-state index is 12.0. The molecule has 1 rings (SSSR count). The molecule has 0 radical (unpaired) electrons. The van der Waals surface area contributed by atoms with Gasteiger partial charge in [-0.25, -0.2) is 4.98 Å². The third-order valence-corrected chi connectivity index (χ3v) is 3.32. The Morgan fingerprint density at radius 2 is 2.25 bits per heavy atom. The molecule has 0 aliphatic heterocycles. The molecule has 0 unspecified atom stereocenters. The van der Waals surface area contributed by atoms with E-state index >= 15 is 0 Å². The van der Waals surface area contributed by atoms with Gasteiger partial charge in [0.25, 0.3) is 11.6 Å². The summed E-state index contributed by atoms with van der Waals surface area (Å²) in [5, 5.41) is 16.2. The van der Waals surface area contributed by atoms with Crippen LogP contribution < -0.4 is 10.6 Å². The molecular weight excluding hydrogens is 280 g/mol. The minimum Gasteiger partial charge on any atom is -0.372 e. The molecular formula is C12H18N4O3S. The number of hydrogen-bond donors (Lipinski definition) is 2. The highest BCUT2D eigenvalue weighted by Crippen LogP contribution is 2.18. The van der Waals surface area contributed by atoms with Crippen LogP contribution in [-0.2, 0) is 0 Å². The van der Waals surface area contributed by atoms with E-state index in [4.69, 9.17) is 0 Å². The number of anilines is 1. The second-order valence-corrected chi connectivity index (χ2v) is 5.04. The van der Waals surface area contributed by atoms with Gasteiger partial charge < -0.3 is 10.6 Å². The Morgan fingerprint density at radius 1 is 1.50 bits per heavy atom. The van der Waals surface area contributed by atoms with Crippen molar-refractivity contribution in [2.45, 2.75) is 12.8 Å². The van der Waals surface area contributed by atoms with E-state index in [-0.39, 0.29) is 17.2 Å². The van der Waals surface area contributed by atoms with Crippen LogP contribution in [0.5, 0.6) is 0 Å². The molecule has 1 amide bonds.